The molecule has 1 saturated carbocycles. The molecule has 1 aliphatic carbocycles. The lowest BCUT2D eigenvalue weighted by molar-refractivity contribution is -0.117. The zero-order valence-corrected chi connectivity index (χ0v) is 14.4. The van der Waals surface area contributed by atoms with E-state index >= 15 is 0 Å². The van der Waals surface area contributed by atoms with E-state index in [4.69, 9.17) is 9.47 Å². The number of benzene rings is 1. The fourth-order valence-electron chi connectivity index (χ4n) is 3.69. The van der Waals surface area contributed by atoms with Gasteiger partial charge in [-0.2, -0.15) is 5.10 Å². The van der Waals surface area contributed by atoms with Crippen LogP contribution in [0.4, 0.5) is 5.69 Å². The average molecular weight is 341 g/mol. The number of nitrogens with one attached hydrogen (secondary N) is 2. The normalized spacial score (nSPS) is 16.4. The molecule has 25 heavy (non-hydrogen) atoms. The number of carbonyl (C=O) groups excluding carboxylic acids is 1. The summed E-state index contributed by atoms with van der Waals surface area (Å²) < 4.78 is 10.8. The van der Waals surface area contributed by atoms with Crippen LogP contribution in [-0.4, -0.2) is 22.9 Å². The van der Waals surface area contributed by atoms with Crippen LogP contribution in [0.5, 0.6) is 11.5 Å². The highest BCUT2D eigenvalue weighted by molar-refractivity contribution is 5.95. The van der Waals surface area contributed by atoms with Crippen molar-refractivity contribution in [3.63, 3.8) is 0 Å². The summed E-state index contributed by atoms with van der Waals surface area (Å²) in [5.74, 6) is 2.04. The maximum atomic E-state index is 12.5. The first-order valence-electron chi connectivity index (χ1n) is 9.01. The molecule has 0 unspecified atom stereocenters. The lowest BCUT2D eigenvalue weighted by Crippen LogP contribution is -2.16. The summed E-state index contributed by atoms with van der Waals surface area (Å²) in [6.07, 6.45) is 6.17. The van der Waals surface area contributed by atoms with Crippen LogP contribution < -0.4 is 14.8 Å². The lowest BCUT2D eigenvalue weighted by Gasteiger charge is -2.11. The molecule has 0 atom stereocenters. The van der Waals surface area contributed by atoms with Gasteiger partial charge in [0.15, 0.2) is 11.5 Å². The maximum absolute atomic E-state index is 12.5. The van der Waals surface area contributed by atoms with Gasteiger partial charge in [-0.3, -0.25) is 9.89 Å². The molecule has 1 aromatic heterocycles. The summed E-state index contributed by atoms with van der Waals surface area (Å²) >= 11 is 0. The summed E-state index contributed by atoms with van der Waals surface area (Å²) in [7, 11) is 0. The van der Waals surface area contributed by atoms with Gasteiger partial charge in [0.2, 0.25) is 12.7 Å². The Kier molecular flexibility index (Phi) is 4.34. The van der Waals surface area contributed by atoms with E-state index in [9.17, 15) is 4.79 Å². The summed E-state index contributed by atoms with van der Waals surface area (Å²) in [6, 6.07) is 5.72. The number of aromatic amines is 1. The molecule has 2 aliphatic rings. The molecule has 1 aromatic carbocycles. The number of amides is 1. The fourth-order valence-corrected chi connectivity index (χ4v) is 3.69. The number of carbonyl (C=O) groups is 1. The number of hydrogen-bond donors (Lipinski definition) is 2. The highest BCUT2D eigenvalue weighted by Gasteiger charge is 2.22. The fraction of sp³-hybridized carbons (Fsp3) is 0.474. The van der Waals surface area contributed by atoms with Gasteiger partial charge in [-0.05, 0) is 43.4 Å². The van der Waals surface area contributed by atoms with Gasteiger partial charge in [-0.15, -0.1) is 0 Å². The first kappa shape index (κ1) is 16.0. The molecule has 1 fully saturated rings. The van der Waals surface area contributed by atoms with Crippen molar-refractivity contribution >= 4 is 11.6 Å². The van der Waals surface area contributed by atoms with Gasteiger partial charge >= 0.3 is 0 Å². The van der Waals surface area contributed by atoms with Crippen molar-refractivity contribution in [1.29, 1.82) is 0 Å². The van der Waals surface area contributed by atoms with Crippen LogP contribution in [0.15, 0.2) is 18.2 Å². The zero-order chi connectivity index (χ0) is 17.2. The number of nitrogens with zero attached hydrogens (tertiary/aromatic N) is 1. The van der Waals surface area contributed by atoms with E-state index in [0.29, 0.717) is 18.1 Å². The van der Waals surface area contributed by atoms with E-state index in [-0.39, 0.29) is 12.7 Å². The van der Waals surface area contributed by atoms with Crippen molar-refractivity contribution in [3.8, 4) is 22.8 Å². The van der Waals surface area contributed by atoms with Gasteiger partial charge < -0.3 is 14.8 Å². The minimum Gasteiger partial charge on any atom is -0.454 e. The summed E-state index contributed by atoms with van der Waals surface area (Å²) in [4.78, 5) is 12.5. The Morgan fingerprint density at radius 2 is 2.08 bits per heavy atom. The number of ether oxygens (including phenoxy) is 2. The third-order valence-electron chi connectivity index (χ3n) is 5.05. The Balaban J connectivity index is 1.58. The molecular weight excluding hydrogens is 318 g/mol. The molecular formula is C19H23N3O3. The standard InChI is InChI=1S/C19H23N3O3/c1-2-14-19(20-17(23)9-12-5-3-4-6-12)18(22-21-14)13-7-8-15-16(10-13)25-11-24-15/h7-8,10,12H,2-6,9,11H2,1H3,(H,20,23)(H,21,22). The minimum atomic E-state index is 0.0741. The van der Waals surface area contributed by atoms with Crippen molar-refractivity contribution in [2.75, 3.05) is 12.1 Å². The van der Waals surface area contributed by atoms with E-state index in [2.05, 4.69) is 15.5 Å². The number of aromatic nitrogens is 2. The third-order valence-corrected chi connectivity index (χ3v) is 5.05. The lowest BCUT2D eigenvalue weighted by atomic mass is 10.0. The van der Waals surface area contributed by atoms with Crippen molar-refractivity contribution in [2.24, 2.45) is 5.92 Å². The molecule has 0 saturated heterocycles. The van der Waals surface area contributed by atoms with E-state index in [1.54, 1.807) is 0 Å². The number of anilines is 1. The van der Waals surface area contributed by atoms with Gasteiger partial charge in [0.1, 0.15) is 5.69 Å². The first-order chi connectivity index (χ1) is 12.2. The smallest absolute Gasteiger partial charge is 0.231 e. The van der Waals surface area contributed by atoms with Crippen molar-refractivity contribution in [3.05, 3.63) is 23.9 Å². The highest BCUT2D eigenvalue weighted by atomic mass is 16.7. The zero-order valence-electron chi connectivity index (χ0n) is 14.4. The predicted octanol–water partition coefficient (Wildman–Crippen LogP) is 3.89. The molecule has 2 heterocycles. The second-order valence-electron chi connectivity index (χ2n) is 6.75. The molecule has 4 rings (SSSR count). The van der Waals surface area contributed by atoms with Crippen LogP contribution >= 0.6 is 0 Å². The van der Waals surface area contributed by atoms with E-state index in [1.807, 2.05) is 25.1 Å². The monoisotopic (exact) mass is 341 g/mol. The van der Waals surface area contributed by atoms with Crippen LogP contribution in [0.2, 0.25) is 0 Å². The minimum absolute atomic E-state index is 0.0741. The molecule has 6 heteroatoms. The Hall–Kier alpha value is -2.50. The van der Waals surface area contributed by atoms with Crippen LogP contribution in [0.3, 0.4) is 0 Å². The number of H-pyrrole nitrogens is 1. The molecule has 2 N–H and O–H groups in total. The second-order valence-corrected chi connectivity index (χ2v) is 6.75. The molecule has 1 aliphatic heterocycles. The average Bonchev–Trinajstić information content (AvgIpc) is 3.34. The first-order valence-corrected chi connectivity index (χ1v) is 9.01. The Bertz CT molecular complexity index is 778. The molecule has 2 aromatic rings. The van der Waals surface area contributed by atoms with Crippen LogP contribution in [0.1, 0.15) is 44.7 Å². The summed E-state index contributed by atoms with van der Waals surface area (Å²) in [6.45, 7) is 2.29. The molecule has 0 radical (unpaired) electrons. The quantitative estimate of drug-likeness (QED) is 0.865. The van der Waals surface area contributed by atoms with E-state index < -0.39 is 0 Å². The van der Waals surface area contributed by atoms with Crippen LogP contribution in [0, 0.1) is 5.92 Å². The Morgan fingerprint density at radius 1 is 1.28 bits per heavy atom. The second kappa shape index (κ2) is 6.78. The van der Waals surface area contributed by atoms with Crippen LogP contribution in [-0.2, 0) is 11.2 Å². The Morgan fingerprint density at radius 3 is 2.88 bits per heavy atom. The topological polar surface area (TPSA) is 76.2 Å². The molecule has 132 valence electrons. The SMILES string of the molecule is CCc1[nH]nc(-c2ccc3c(c2)OCO3)c1NC(=O)CC1CCCC1. The number of rotatable bonds is 5. The highest BCUT2D eigenvalue weighted by Crippen LogP contribution is 2.38. The van der Waals surface area contributed by atoms with E-state index in [1.165, 1.54) is 12.8 Å². The van der Waals surface area contributed by atoms with Crippen molar-refractivity contribution in [1.82, 2.24) is 10.2 Å². The third kappa shape index (κ3) is 3.21. The largest absolute Gasteiger partial charge is 0.454 e. The van der Waals surface area contributed by atoms with Crippen molar-refractivity contribution < 1.29 is 14.3 Å². The summed E-state index contributed by atoms with van der Waals surface area (Å²) in [5.41, 5.74) is 3.36. The molecule has 1 amide bonds. The number of hydrogen-bond acceptors (Lipinski definition) is 4. The molecule has 0 spiro atoms. The van der Waals surface area contributed by atoms with E-state index in [0.717, 1.165) is 47.7 Å². The van der Waals surface area contributed by atoms with Gasteiger partial charge in [-0.1, -0.05) is 19.8 Å². The van der Waals surface area contributed by atoms with Gasteiger partial charge in [-0.25, -0.2) is 0 Å². The van der Waals surface area contributed by atoms with Crippen LogP contribution in [0.25, 0.3) is 11.3 Å². The van der Waals surface area contributed by atoms with Gasteiger partial charge in [0, 0.05) is 12.0 Å². The number of aryl methyl sites for hydroxylation is 1. The molecule has 0 bridgehead atoms. The van der Waals surface area contributed by atoms with Crippen molar-refractivity contribution in [2.45, 2.75) is 45.4 Å². The van der Waals surface area contributed by atoms with Gasteiger partial charge in [0.25, 0.3) is 0 Å². The molecule has 6 nitrogen and oxygen atoms in total. The maximum Gasteiger partial charge on any atom is 0.231 e. The predicted molar refractivity (Wildman–Crippen MR) is 94.7 cm³/mol. The Labute approximate surface area is 146 Å². The number of fused-ring (bicyclic) bond motifs is 1. The summed E-state index contributed by atoms with van der Waals surface area (Å²) in [5, 5.41) is 10.6. The van der Waals surface area contributed by atoms with Gasteiger partial charge in [0.05, 0.1) is 11.4 Å².